The molecule has 0 radical (unpaired) electrons. The van der Waals surface area contributed by atoms with Crippen LogP contribution in [-0.4, -0.2) is 44.0 Å². The highest BCUT2D eigenvalue weighted by atomic mass is 16.7. The molecule has 1 aliphatic heterocycles. The van der Waals surface area contributed by atoms with Gasteiger partial charge in [-0.2, -0.15) is 0 Å². The fourth-order valence-electron chi connectivity index (χ4n) is 3.23. The van der Waals surface area contributed by atoms with Gasteiger partial charge in [0.2, 0.25) is 0 Å². The molecule has 0 aromatic rings. The van der Waals surface area contributed by atoms with Crippen LogP contribution in [0.25, 0.3) is 0 Å². The van der Waals surface area contributed by atoms with E-state index in [9.17, 15) is 0 Å². The van der Waals surface area contributed by atoms with E-state index < -0.39 is 0 Å². The summed E-state index contributed by atoms with van der Waals surface area (Å²) in [5, 5.41) is 0. The van der Waals surface area contributed by atoms with E-state index in [0.29, 0.717) is 6.10 Å². The molecule has 3 heteroatoms. The lowest BCUT2D eigenvalue weighted by atomic mass is 10.0. The largest absolute Gasteiger partial charge is 0.347 e. The van der Waals surface area contributed by atoms with Crippen molar-refractivity contribution < 1.29 is 9.47 Å². The Balaban J connectivity index is 0.00000101. The second-order valence-electron chi connectivity index (χ2n) is 7.82. The molecule has 1 aliphatic rings. The Kier molecular flexibility index (Phi) is 16.0. The summed E-state index contributed by atoms with van der Waals surface area (Å²) in [5.74, 6) is -0.256. The van der Waals surface area contributed by atoms with E-state index in [1.807, 2.05) is 0 Å². The maximum Gasteiger partial charge on any atom is 0.168 e. The van der Waals surface area contributed by atoms with Gasteiger partial charge in [-0.1, -0.05) is 66.2 Å². The highest BCUT2D eigenvalue weighted by molar-refractivity contribution is 4.79. The first-order valence-electron chi connectivity index (χ1n) is 11.0. The standard InChI is InChI=1S/C17H35NO2.C5H12/c1-5-7-9-13-17(12-8-6-2)19-15-16(20-17)11-10-14-18(3)4;1-3-5-4-2/h16H,5-15H2,1-4H3;3-5H2,1-2H3. The number of ether oxygens (including phenoxy) is 2. The van der Waals surface area contributed by atoms with Crippen molar-refractivity contribution in [2.75, 3.05) is 27.2 Å². The second-order valence-corrected chi connectivity index (χ2v) is 7.82. The number of hydrogen-bond acceptors (Lipinski definition) is 3. The van der Waals surface area contributed by atoms with Crippen LogP contribution in [0, 0.1) is 0 Å². The van der Waals surface area contributed by atoms with Crippen molar-refractivity contribution in [1.29, 1.82) is 0 Å². The molecule has 0 saturated carbocycles. The fourth-order valence-corrected chi connectivity index (χ4v) is 3.23. The highest BCUT2D eigenvalue weighted by Crippen LogP contribution is 2.35. The third-order valence-corrected chi connectivity index (χ3v) is 4.82. The lowest BCUT2D eigenvalue weighted by molar-refractivity contribution is -0.179. The van der Waals surface area contributed by atoms with Crippen molar-refractivity contribution in [2.24, 2.45) is 0 Å². The van der Waals surface area contributed by atoms with Crippen LogP contribution in [0.4, 0.5) is 0 Å². The molecule has 1 saturated heterocycles. The van der Waals surface area contributed by atoms with Crippen molar-refractivity contribution in [1.82, 2.24) is 4.90 Å². The average Bonchev–Trinajstić information content (AvgIpc) is 2.98. The summed E-state index contributed by atoms with van der Waals surface area (Å²) in [7, 11) is 4.25. The Morgan fingerprint density at radius 2 is 1.40 bits per heavy atom. The summed E-state index contributed by atoms with van der Waals surface area (Å²) in [6.45, 7) is 10.8. The van der Waals surface area contributed by atoms with E-state index in [4.69, 9.17) is 9.47 Å². The van der Waals surface area contributed by atoms with Gasteiger partial charge in [-0.15, -0.1) is 0 Å². The van der Waals surface area contributed by atoms with Crippen molar-refractivity contribution in [3.63, 3.8) is 0 Å². The number of nitrogens with zero attached hydrogens (tertiary/aromatic N) is 1. The van der Waals surface area contributed by atoms with Crippen LogP contribution in [0.15, 0.2) is 0 Å². The first-order valence-corrected chi connectivity index (χ1v) is 11.0. The normalized spacial score (nSPS) is 22.9. The minimum atomic E-state index is -0.256. The first kappa shape index (κ1) is 24.9. The maximum absolute atomic E-state index is 6.34. The van der Waals surface area contributed by atoms with E-state index in [-0.39, 0.29) is 5.79 Å². The van der Waals surface area contributed by atoms with E-state index in [0.717, 1.165) is 32.4 Å². The van der Waals surface area contributed by atoms with Gasteiger partial charge in [0, 0.05) is 12.8 Å². The molecule has 3 nitrogen and oxygen atoms in total. The molecule has 2 unspecified atom stereocenters. The molecule has 1 heterocycles. The summed E-state index contributed by atoms with van der Waals surface area (Å²) >= 11 is 0. The summed E-state index contributed by atoms with van der Waals surface area (Å²) in [5.41, 5.74) is 0. The molecule has 2 atom stereocenters. The zero-order chi connectivity index (χ0) is 19.0. The molecule has 0 aliphatic carbocycles. The van der Waals surface area contributed by atoms with Crippen LogP contribution < -0.4 is 0 Å². The van der Waals surface area contributed by atoms with Gasteiger partial charge >= 0.3 is 0 Å². The third-order valence-electron chi connectivity index (χ3n) is 4.82. The lowest BCUT2D eigenvalue weighted by Gasteiger charge is -2.28. The topological polar surface area (TPSA) is 21.7 Å². The molecule has 0 aromatic carbocycles. The zero-order valence-electron chi connectivity index (χ0n) is 18.2. The van der Waals surface area contributed by atoms with Crippen molar-refractivity contribution in [3.8, 4) is 0 Å². The summed E-state index contributed by atoms with van der Waals surface area (Å²) in [6, 6.07) is 0. The van der Waals surface area contributed by atoms with Gasteiger partial charge < -0.3 is 14.4 Å². The monoisotopic (exact) mass is 357 g/mol. The first-order chi connectivity index (χ1) is 12.0. The summed E-state index contributed by atoms with van der Waals surface area (Å²) < 4.78 is 12.5. The molecule has 1 rings (SSSR count). The fraction of sp³-hybridized carbons (Fsp3) is 1.00. The van der Waals surface area contributed by atoms with Crippen LogP contribution in [0.1, 0.15) is 105 Å². The van der Waals surface area contributed by atoms with E-state index >= 15 is 0 Å². The van der Waals surface area contributed by atoms with Crippen LogP contribution in [0.2, 0.25) is 0 Å². The number of unbranched alkanes of at least 4 members (excludes halogenated alkanes) is 5. The van der Waals surface area contributed by atoms with Gasteiger partial charge in [0.25, 0.3) is 0 Å². The molecule has 1 fully saturated rings. The Labute approximate surface area is 158 Å². The minimum absolute atomic E-state index is 0.256. The Hall–Kier alpha value is -0.120. The molecule has 25 heavy (non-hydrogen) atoms. The molecule has 0 amide bonds. The van der Waals surface area contributed by atoms with Gasteiger partial charge in [-0.25, -0.2) is 0 Å². The number of hydrogen-bond donors (Lipinski definition) is 0. The molecule has 0 spiro atoms. The predicted molar refractivity (Wildman–Crippen MR) is 110 cm³/mol. The quantitative estimate of drug-likeness (QED) is 0.356. The van der Waals surface area contributed by atoms with Gasteiger partial charge in [0.15, 0.2) is 5.79 Å². The number of rotatable bonds is 13. The SMILES string of the molecule is CCCCC.CCCCCC1(CCCC)OCC(CCCN(C)C)O1. The zero-order valence-corrected chi connectivity index (χ0v) is 18.2. The van der Waals surface area contributed by atoms with Crippen LogP contribution in [0.5, 0.6) is 0 Å². The van der Waals surface area contributed by atoms with Crippen molar-refractivity contribution in [3.05, 3.63) is 0 Å². The average molecular weight is 358 g/mol. The Bertz CT molecular complexity index is 281. The maximum atomic E-state index is 6.34. The highest BCUT2D eigenvalue weighted by Gasteiger charge is 2.39. The summed E-state index contributed by atoms with van der Waals surface area (Å²) in [4.78, 5) is 2.24. The summed E-state index contributed by atoms with van der Waals surface area (Å²) in [6.07, 6.45) is 15.0. The molecular formula is C22H47NO2. The van der Waals surface area contributed by atoms with Crippen LogP contribution >= 0.6 is 0 Å². The Morgan fingerprint density at radius 1 is 0.800 bits per heavy atom. The van der Waals surface area contributed by atoms with Crippen LogP contribution in [-0.2, 0) is 9.47 Å². The third kappa shape index (κ3) is 12.8. The van der Waals surface area contributed by atoms with Crippen molar-refractivity contribution >= 4 is 0 Å². The molecule has 152 valence electrons. The minimum Gasteiger partial charge on any atom is -0.347 e. The van der Waals surface area contributed by atoms with Crippen molar-refractivity contribution in [2.45, 2.75) is 117 Å². The van der Waals surface area contributed by atoms with E-state index in [1.54, 1.807) is 0 Å². The smallest absolute Gasteiger partial charge is 0.168 e. The van der Waals surface area contributed by atoms with Gasteiger partial charge in [-0.3, -0.25) is 0 Å². The van der Waals surface area contributed by atoms with E-state index in [2.05, 4.69) is 46.7 Å². The molecular weight excluding hydrogens is 310 g/mol. The lowest BCUT2D eigenvalue weighted by Crippen LogP contribution is -2.31. The molecule has 0 bridgehead atoms. The predicted octanol–water partition coefficient (Wildman–Crippen LogP) is 6.41. The Morgan fingerprint density at radius 3 is 1.92 bits per heavy atom. The molecule has 0 N–H and O–H groups in total. The van der Waals surface area contributed by atoms with Gasteiger partial charge in [0.05, 0.1) is 12.7 Å². The van der Waals surface area contributed by atoms with Gasteiger partial charge in [0.1, 0.15) is 0 Å². The van der Waals surface area contributed by atoms with Gasteiger partial charge in [-0.05, 0) is 46.3 Å². The second kappa shape index (κ2) is 16.1. The van der Waals surface area contributed by atoms with Crippen LogP contribution in [0.3, 0.4) is 0 Å². The van der Waals surface area contributed by atoms with E-state index in [1.165, 1.54) is 57.8 Å². The molecule has 0 aromatic heterocycles.